The molecule has 0 spiro atoms. The average molecular weight is 337 g/mol. The summed E-state index contributed by atoms with van der Waals surface area (Å²) in [5, 5.41) is 12.6. The van der Waals surface area contributed by atoms with E-state index in [4.69, 9.17) is 0 Å². The van der Waals surface area contributed by atoms with Gasteiger partial charge in [0.25, 0.3) is 0 Å². The Bertz CT molecular complexity index is 552. The van der Waals surface area contributed by atoms with E-state index in [9.17, 15) is 9.90 Å². The molecule has 6 heteroatoms. The Kier molecular flexibility index (Phi) is 5.36. The Balaban J connectivity index is 1.83. The molecule has 2 N–H and O–H groups in total. The third-order valence-electron chi connectivity index (χ3n) is 5.02. The largest absolute Gasteiger partial charge is 0.480 e. The molecule has 2 unspecified atom stereocenters. The second kappa shape index (κ2) is 7.30. The monoisotopic (exact) mass is 337 g/mol. The van der Waals surface area contributed by atoms with Crippen molar-refractivity contribution in [1.29, 1.82) is 0 Å². The third-order valence-corrected chi connectivity index (χ3v) is 6.30. The van der Waals surface area contributed by atoms with Crippen molar-refractivity contribution in [2.45, 2.75) is 38.3 Å². The molecular weight excluding hydrogens is 310 g/mol. The zero-order chi connectivity index (χ0) is 16.4. The number of carboxylic acid groups (broad SMARTS) is 1. The molecule has 0 bridgehead atoms. The van der Waals surface area contributed by atoms with Gasteiger partial charge in [-0.25, -0.2) is 0 Å². The summed E-state index contributed by atoms with van der Waals surface area (Å²) in [5.74, 6) is -0.776. The van der Waals surface area contributed by atoms with Crippen LogP contribution in [0.4, 0.5) is 0 Å². The van der Waals surface area contributed by atoms with E-state index in [1.807, 2.05) is 6.92 Å². The minimum Gasteiger partial charge on any atom is -0.480 e. The van der Waals surface area contributed by atoms with Crippen molar-refractivity contribution in [3.05, 3.63) is 21.4 Å². The highest BCUT2D eigenvalue weighted by molar-refractivity contribution is 7.12. The molecule has 5 nitrogen and oxygen atoms in total. The van der Waals surface area contributed by atoms with Gasteiger partial charge >= 0.3 is 5.97 Å². The molecule has 1 aromatic rings. The van der Waals surface area contributed by atoms with E-state index in [2.05, 4.69) is 28.2 Å². The number of nitrogens with one attached hydrogen (secondary N) is 1. The Morgan fingerprint density at radius 2 is 2.17 bits per heavy atom. The molecule has 2 heterocycles. The van der Waals surface area contributed by atoms with Gasteiger partial charge in [0.15, 0.2) is 0 Å². The quantitative estimate of drug-likeness (QED) is 0.862. The summed E-state index contributed by atoms with van der Waals surface area (Å²) in [6.45, 7) is 7.09. The van der Waals surface area contributed by atoms with Crippen molar-refractivity contribution in [3.63, 3.8) is 0 Å². The second-order valence-corrected chi connectivity index (χ2v) is 7.77. The van der Waals surface area contributed by atoms with Crippen LogP contribution in [-0.2, 0) is 11.2 Å². The molecule has 1 aliphatic carbocycles. The molecule has 1 aromatic heterocycles. The maximum Gasteiger partial charge on any atom is 0.326 e. The molecule has 2 atom stereocenters. The number of rotatable bonds is 5. The first-order valence-corrected chi connectivity index (χ1v) is 9.43. The minimum atomic E-state index is -0.776. The zero-order valence-corrected chi connectivity index (χ0v) is 14.9. The van der Waals surface area contributed by atoms with Crippen molar-refractivity contribution in [3.8, 4) is 0 Å². The molecule has 1 fully saturated rings. The van der Waals surface area contributed by atoms with Gasteiger partial charge in [0.1, 0.15) is 6.04 Å². The summed E-state index contributed by atoms with van der Waals surface area (Å²) >= 11 is 1.70. The number of aryl methyl sites for hydroxylation is 1. The van der Waals surface area contributed by atoms with Crippen molar-refractivity contribution >= 4 is 17.3 Å². The topological polar surface area (TPSA) is 55.8 Å². The Morgan fingerprint density at radius 3 is 2.83 bits per heavy atom. The van der Waals surface area contributed by atoms with Crippen LogP contribution >= 0.6 is 11.3 Å². The van der Waals surface area contributed by atoms with Gasteiger partial charge in [0.2, 0.25) is 0 Å². The molecule has 0 amide bonds. The van der Waals surface area contributed by atoms with E-state index < -0.39 is 12.0 Å². The van der Waals surface area contributed by atoms with E-state index in [-0.39, 0.29) is 0 Å². The highest BCUT2D eigenvalue weighted by Crippen LogP contribution is 2.41. The van der Waals surface area contributed by atoms with Crippen LogP contribution in [0.2, 0.25) is 0 Å². The molecule has 2 aliphatic rings. The maximum atomic E-state index is 11.6. The van der Waals surface area contributed by atoms with Crippen molar-refractivity contribution < 1.29 is 9.90 Å². The number of carboxylic acids is 1. The lowest BCUT2D eigenvalue weighted by Crippen LogP contribution is -2.46. The first-order valence-electron chi connectivity index (χ1n) is 8.61. The molecular formula is C17H27N3O2S. The molecule has 23 heavy (non-hydrogen) atoms. The Hall–Kier alpha value is -0.950. The fourth-order valence-corrected chi connectivity index (χ4v) is 5.05. The number of hydrogen-bond acceptors (Lipinski definition) is 5. The first-order chi connectivity index (χ1) is 11.1. The zero-order valence-electron chi connectivity index (χ0n) is 14.0. The van der Waals surface area contributed by atoms with Crippen LogP contribution in [-0.4, -0.2) is 60.6 Å². The summed E-state index contributed by atoms with van der Waals surface area (Å²) in [4.78, 5) is 18.9. The van der Waals surface area contributed by atoms with Crippen LogP contribution in [0, 0.1) is 0 Å². The fraction of sp³-hybridized carbons (Fsp3) is 0.706. The van der Waals surface area contributed by atoms with Gasteiger partial charge in [-0.2, -0.15) is 0 Å². The first kappa shape index (κ1) is 16.9. The van der Waals surface area contributed by atoms with E-state index >= 15 is 0 Å². The molecule has 1 saturated heterocycles. The predicted molar refractivity (Wildman–Crippen MR) is 93.1 cm³/mol. The highest BCUT2D eigenvalue weighted by Gasteiger charge is 2.31. The van der Waals surface area contributed by atoms with Crippen LogP contribution in [0.25, 0.3) is 0 Å². The number of nitrogens with zero attached hydrogens (tertiary/aromatic N) is 2. The SMILES string of the molecule is CCNC(C(=O)O)c1cc2c(s1)CCCC2N1CCN(C)CC1. The number of thiophene rings is 1. The van der Waals surface area contributed by atoms with Gasteiger partial charge in [-0.05, 0) is 44.5 Å². The maximum absolute atomic E-state index is 11.6. The van der Waals surface area contributed by atoms with Crippen LogP contribution in [0.15, 0.2) is 6.07 Å². The fourth-order valence-electron chi connectivity index (χ4n) is 3.72. The smallest absolute Gasteiger partial charge is 0.326 e. The van der Waals surface area contributed by atoms with Gasteiger partial charge in [-0.1, -0.05) is 6.92 Å². The Morgan fingerprint density at radius 1 is 1.43 bits per heavy atom. The summed E-state index contributed by atoms with van der Waals surface area (Å²) < 4.78 is 0. The minimum absolute atomic E-state index is 0.480. The van der Waals surface area contributed by atoms with E-state index in [1.165, 1.54) is 23.3 Å². The third kappa shape index (κ3) is 3.60. The van der Waals surface area contributed by atoms with E-state index in [0.717, 1.165) is 37.5 Å². The second-order valence-electron chi connectivity index (χ2n) is 6.60. The molecule has 1 aliphatic heterocycles. The van der Waals surface area contributed by atoms with Crippen LogP contribution in [0.1, 0.15) is 47.2 Å². The summed E-state index contributed by atoms with van der Waals surface area (Å²) in [6, 6.07) is 2.08. The summed E-state index contributed by atoms with van der Waals surface area (Å²) in [7, 11) is 2.18. The van der Waals surface area contributed by atoms with Crippen LogP contribution in [0.3, 0.4) is 0 Å². The number of piperazine rings is 1. The molecule has 128 valence electrons. The number of fused-ring (bicyclic) bond motifs is 1. The number of aliphatic carboxylic acids is 1. The average Bonchev–Trinajstić information content (AvgIpc) is 2.96. The lowest BCUT2D eigenvalue weighted by molar-refractivity contribution is -0.139. The van der Waals surface area contributed by atoms with Crippen LogP contribution < -0.4 is 5.32 Å². The lowest BCUT2D eigenvalue weighted by atomic mass is 9.91. The van der Waals surface area contributed by atoms with Crippen LogP contribution in [0.5, 0.6) is 0 Å². The lowest BCUT2D eigenvalue weighted by Gasteiger charge is -2.39. The molecule has 0 saturated carbocycles. The summed E-state index contributed by atoms with van der Waals surface area (Å²) in [5.41, 5.74) is 1.39. The standard InChI is InChI=1S/C17H27N3O2S/c1-3-18-16(17(21)22)15-11-12-13(5-4-6-14(12)23-15)20-9-7-19(2)8-10-20/h11,13,16,18H,3-10H2,1-2H3,(H,21,22). The van der Waals surface area contributed by atoms with E-state index in [1.54, 1.807) is 11.3 Å². The van der Waals surface area contributed by atoms with Crippen molar-refractivity contribution in [1.82, 2.24) is 15.1 Å². The van der Waals surface area contributed by atoms with Gasteiger partial charge in [-0.15, -0.1) is 11.3 Å². The van der Waals surface area contributed by atoms with Gasteiger partial charge in [-0.3, -0.25) is 9.69 Å². The van der Waals surface area contributed by atoms with Crippen molar-refractivity contribution in [2.24, 2.45) is 0 Å². The highest BCUT2D eigenvalue weighted by atomic mass is 32.1. The number of carbonyl (C=O) groups is 1. The summed E-state index contributed by atoms with van der Waals surface area (Å²) in [6.07, 6.45) is 3.51. The van der Waals surface area contributed by atoms with Gasteiger partial charge in [0.05, 0.1) is 0 Å². The normalized spacial score (nSPS) is 24.3. The molecule has 3 rings (SSSR count). The Labute approximate surface area is 142 Å². The molecule has 0 aromatic carbocycles. The van der Waals surface area contributed by atoms with Crippen molar-refractivity contribution in [2.75, 3.05) is 39.8 Å². The number of likely N-dealkylation sites (N-methyl/N-ethyl adjacent to an activating group) is 2. The number of hydrogen-bond donors (Lipinski definition) is 2. The van der Waals surface area contributed by atoms with E-state index in [0.29, 0.717) is 12.6 Å². The predicted octanol–water partition coefficient (Wildman–Crippen LogP) is 2.11. The van der Waals surface area contributed by atoms with Gasteiger partial charge in [0, 0.05) is 42.0 Å². The van der Waals surface area contributed by atoms with Gasteiger partial charge < -0.3 is 15.3 Å². The molecule has 0 radical (unpaired) electrons.